The molecule has 0 radical (unpaired) electrons. The van der Waals surface area contributed by atoms with Gasteiger partial charge in [-0.25, -0.2) is 13.1 Å². The van der Waals surface area contributed by atoms with Crippen LogP contribution in [0.4, 0.5) is 5.69 Å². The van der Waals surface area contributed by atoms with Gasteiger partial charge in [0.15, 0.2) is 0 Å². The van der Waals surface area contributed by atoms with Crippen molar-refractivity contribution >= 4 is 38.9 Å². The smallest absolute Gasteiger partial charge is 0.261 e. The molecule has 2 rings (SSSR count). The quantitative estimate of drug-likeness (QED) is 0.543. The van der Waals surface area contributed by atoms with Gasteiger partial charge in [0.25, 0.3) is 10.0 Å². The van der Waals surface area contributed by atoms with Crippen LogP contribution in [-0.2, 0) is 20.2 Å². The van der Waals surface area contributed by atoms with Gasteiger partial charge in [0.05, 0.1) is 39.4 Å². The van der Waals surface area contributed by atoms with Gasteiger partial charge in [-0.05, 0) is 29.2 Å². The molecule has 0 saturated carbocycles. The Morgan fingerprint density at radius 1 is 1.26 bits per heavy atom. The summed E-state index contributed by atoms with van der Waals surface area (Å²) in [5.41, 5.74) is 6.98. The topological polar surface area (TPSA) is 119 Å². The Morgan fingerprint density at radius 2 is 1.87 bits per heavy atom. The number of benzene rings is 1. The average molecular weight is 464 g/mol. The molecule has 0 spiro atoms. The zero-order chi connectivity index (χ0) is 23.4. The first-order valence-corrected chi connectivity index (χ1v) is 11.1. The monoisotopic (exact) mass is 463 g/mol. The third-order valence-electron chi connectivity index (χ3n) is 4.21. The number of nitrogens with one attached hydrogen (secondary N) is 2. The zero-order valence-corrected chi connectivity index (χ0v) is 19.4. The highest BCUT2D eigenvalue weighted by molar-refractivity contribution is 7.89. The van der Waals surface area contributed by atoms with Crippen LogP contribution in [0.15, 0.2) is 71.1 Å². The number of carbonyl (C=O) groups is 1. The third-order valence-corrected chi connectivity index (χ3v) is 5.82. The van der Waals surface area contributed by atoms with Crippen molar-refractivity contribution in [3.8, 4) is 0 Å². The largest absolute Gasteiger partial charge is 0.403 e. The van der Waals surface area contributed by atoms with Gasteiger partial charge in [-0.2, -0.15) is 5.10 Å². The molecule has 0 unspecified atom stereocenters. The summed E-state index contributed by atoms with van der Waals surface area (Å²) >= 11 is 6.01. The normalized spacial score (nSPS) is 13.1. The number of allylic oxidation sites excluding steroid dienone is 3. The second-order valence-electron chi connectivity index (χ2n) is 7.79. The van der Waals surface area contributed by atoms with Crippen LogP contribution in [0.2, 0.25) is 0 Å². The molecule has 4 N–H and O–H groups in total. The van der Waals surface area contributed by atoms with Gasteiger partial charge in [-0.3, -0.25) is 9.52 Å². The van der Waals surface area contributed by atoms with E-state index in [2.05, 4.69) is 21.7 Å². The first-order chi connectivity index (χ1) is 14.3. The van der Waals surface area contributed by atoms with Crippen LogP contribution in [0, 0.1) is 0 Å². The lowest BCUT2D eigenvalue weighted by atomic mass is 9.87. The number of hydrogen-bond acceptors (Lipinski definition) is 5. The molecule has 0 aliphatic carbocycles. The first-order valence-electron chi connectivity index (χ1n) is 9.28. The lowest BCUT2D eigenvalue weighted by molar-refractivity contribution is -0.114. The Labute approximate surface area is 187 Å². The Kier molecular flexibility index (Phi) is 7.35. The van der Waals surface area contributed by atoms with Crippen molar-refractivity contribution in [2.24, 2.45) is 5.73 Å². The summed E-state index contributed by atoms with van der Waals surface area (Å²) in [5.74, 6) is -0.269. The van der Waals surface area contributed by atoms with E-state index < -0.39 is 10.0 Å². The number of carbonyl (C=O) groups excluding carboxylic acids is 1. The van der Waals surface area contributed by atoms with Gasteiger partial charge < -0.3 is 11.1 Å². The maximum Gasteiger partial charge on any atom is 0.261 e. The average Bonchev–Trinajstić information content (AvgIpc) is 3.13. The molecule has 8 nitrogen and oxygen atoms in total. The van der Waals surface area contributed by atoms with Crippen molar-refractivity contribution in [3.63, 3.8) is 0 Å². The van der Waals surface area contributed by atoms with E-state index in [4.69, 9.17) is 17.3 Å². The molecule has 10 heteroatoms. The Balaban J connectivity index is 2.38. The zero-order valence-electron chi connectivity index (χ0n) is 17.8. The van der Waals surface area contributed by atoms with Crippen molar-refractivity contribution in [3.05, 3.63) is 71.8 Å². The molecule has 1 amide bonds. The summed E-state index contributed by atoms with van der Waals surface area (Å²) in [7, 11) is -3.96. The van der Waals surface area contributed by atoms with Gasteiger partial charge >= 0.3 is 0 Å². The number of nitrogens with two attached hydrogens (primary N) is 1. The molecule has 0 saturated heterocycles. The number of amides is 1. The van der Waals surface area contributed by atoms with Crippen molar-refractivity contribution in [2.75, 3.05) is 5.32 Å². The molecular weight excluding hydrogens is 438 g/mol. The van der Waals surface area contributed by atoms with Gasteiger partial charge in [-0.15, -0.1) is 0 Å². The fraction of sp³-hybridized carbons (Fsp3) is 0.238. The summed E-state index contributed by atoms with van der Waals surface area (Å²) in [5, 5.41) is 6.77. The van der Waals surface area contributed by atoms with Crippen LogP contribution in [0.25, 0.3) is 5.70 Å². The van der Waals surface area contributed by atoms with E-state index in [-0.39, 0.29) is 32.6 Å². The van der Waals surface area contributed by atoms with Crippen LogP contribution in [-0.4, -0.2) is 24.1 Å². The van der Waals surface area contributed by atoms with E-state index in [1.807, 2.05) is 20.8 Å². The van der Waals surface area contributed by atoms with Crippen molar-refractivity contribution in [2.45, 2.75) is 38.0 Å². The van der Waals surface area contributed by atoms with Gasteiger partial charge in [0.2, 0.25) is 5.91 Å². The van der Waals surface area contributed by atoms with E-state index in [0.29, 0.717) is 5.69 Å². The van der Waals surface area contributed by atoms with Gasteiger partial charge in [0.1, 0.15) is 0 Å². The fourth-order valence-electron chi connectivity index (χ4n) is 2.56. The minimum Gasteiger partial charge on any atom is -0.403 e. The third kappa shape index (κ3) is 6.47. The molecule has 1 heterocycles. The maximum atomic E-state index is 13.0. The Hall–Kier alpha value is -3.04. The highest BCUT2D eigenvalue weighted by atomic mass is 35.5. The summed E-state index contributed by atoms with van der Waals surface area (Å²) in [6.07, 6.45) is 5.34. The molecule has 0 aliphatic heterocycles. The van der Waals surface area contributed by atoms with Crippen LogP contribution < -0.4 is 15.8 Å². The van der Waals surface area contributed by atoms with Crippen molar-refractivity contribution in [1.82, 2.24) is 14.5 Å². The van der Waals surface area contributed by atoms with Crippen LogP contribution in [0.5, 0.6) is 0 Å². The second kappa shape index (κ2) is 9.40. The molecule has 0 atom stereocenters. The molecule has 166 valence electrons. The summed E-state index contributed by atoms with van der Waals surface area (Å²) in [4.78, 5) is 11.3. The summed E-state index contributed by atoms with van der Waals surface area (Å²) in [6.45, 7) is 11.4. The molecule has 1 aromatic carbocycles. The van der Waals surface area contributed by atoms with E-state index in [0.717, 1.165) is 11.8 Å². The van der Waals surface area contributed by atoms with Crippen LogP contribution in [0.3, 0.4) is 0 Å². The van der Waals surface area contributed by atoms with Crippen molar-refractivity contribution in [1.29, 1.82) is 0 Å². The highest BCUT2D eigenvalue weighted by Gasteiger charge is 2.20. The molecule has 0 bridgehead atoms. The Bertz CT molecular complexity index is 1140. The van der Waals surface area contributed by atoms with Crippen molar-refractivity contribution < 1.29 is 13.2 Å². The van der Waals surface area contributed by atoms with Gasteiger partial charge in [0, 0.05) is 13.1 Å². The summed E-state index contributed by atoms with van der Waals surface area (Å²) in [6, 6.07) is 6.61. The minimum atomic E-state index is -3.96. The molecular formula is C21H26ClN5O3S. The van der Waals surface area contributed by atoms with E-state index >= 15 is 0 Å². The number of nitrogens with zero attached hydrogens (tertiary/aromatic N) is 2. The number of aromatic nitrogens is 2. The maximum absolute atomic E-state index is 13.0. The molecule has 2 aromatic rings. The molecule has 31 heavy (non-hydrogen) atoms. The molecule has 1 aromatic heterocycles. The van der Waals surface area contributed by atoms with E-state index in [9.17, 15) is 13.2 Å². The summed E-state index contributed by atoms with van der Waals surface area (Å²) < 4.78 is 29.8. The number of anilines is 1. The van der Waals surface area contributed by atoms with Crippen LogP contribution >= 0.6 is 11.6 Å². The first kappa shape index (κ1) is 24.2. The molecule has 0 aliphatic rings. The second-order valence-corrected chi connectivity index (χ2v) is 9.91. The SMILES string of the molecule is C=C(/C(=C\C(Cl)=C/N)NS(=O)(=O)c1ccc(C(C)(C)C)cc1)n1cc(NC(C)=O)cn1. The lowest BCUT2D eigenvalue weighted by Gasteiger charge is -2.19. The number of hydrogen-bond donors (Lipinski definition) is 3. The highest BCUT2D eigenvalue weighted by Crippen LogP contribution is 2.24. The number of sulfonamides is 1. The molecule has 0 fully saturated rings. The lowest BCUT2D eigenvalue weighted by Crippen LogP contribution is -2.25. The minimum absolute atomic E-state index is 0.0593. The number of halogens is 1. The fourth-order valence-corrected chi connectivity index (χ4v) is 3.74. The predicted molar refractivity (Wildman–Crippen MR) is 124 cm³/mol. The number of rotatable bonds is 7. The standard InChI is InChI=1S/C21H26ClN5O3S/c1-14(27-13-18(12-24-27)25-15(2)28)20(10-17(22)11-23)26-31(29,30)19-8-6-16(7-9-19)21(3,4)5/h6-13,26H,1,23H2,2-5H3,(H,25,28)/b17-11+,20-10+. The van der Waals surface area contributed by atoms with E-state index in [1.54, 1.807) is 12.1 Å². The predicted octanol–water partition coefficient (Wildman–Crippen LogP) is 3.51. The van der Waals surface area contributed by atoms with Gasteiger partial charge in [-0.1, -0.05) is 51.1 Å². The van der Waals surface area contributed by atoms with E-state index in [1.165, 1.54) is 42.2 Å². The van der Waals surface area contributed by atoms with Crippen LogP contribution in [0.1, 0.15) is 33.3 Å². The Morgan fingerprint density at radius 3 is 2.39 bits per heavy atom.